The van der Waals surface area contributed by atoms with Gasteiger partial charge in [-0.3, -0.25) is 0 Å². The van der Waals surface area contributed by atoms with Gasteiger partial charge < -0.3 is 4.98 Å². The number of benzene rings is 1. The molecule has 5 nitrogen and oxygen atoms in total. The normalized spacial score (nSPS) is 11.6. The number of hydrogen-bond donors (Lipinski definition) is 2. The predicted octanol–water partition coefficient (Wildman–Crippen LogP) is 1.58. The molecule has 0 bridgehead atoms. The van der Waals surface area contributed by atoms with Crippen LogP contribution in [0.3, 0.4) is 0 Å². The van der Waals surface area contributed by atoms with Crippen LogP contribution in [0.25, 0.3) is 0 Å². The number of aromatic nitrogens is 2. The molecule has 0 fully saturated rings. The fraction of sp³-hybridized carbons (Fsp3) is 0.182. The van der Waals surface area contributed by atoms with Crippen molar-refractivity contribution in [2.45, 2.75) is 11.3 Å². The van der Waals surface area contributed by atoms with Crippen LogP contribution in [-0.2, 0) is 16.4 Å². The Hall–Kier alpha value is -1.37. The van der Waals surface area contributed by atoms with Crippen molar-refractivity contribution in [1.82, 2.24) is 14.7 Å². The zero-order valence-corrected chi connectivity index (χ0v) is 11.0. The first-order valence-electron chi connectivity index (χ1n) is 5.30. The monoisotopic (exact) mass is 285 g/mol. The molecule has 0 aliphatic heterocycles. The Morgan fingerprint density at radius 2 is 2.00 bits per heavy atom. The summed E-state index contributed by atoms with van der Waals surface area (Å²) in [5.74, 6) is 0. The second-order valence-corrected chi connectivity index (χ2v) is 5.88. The molecule has 0 spiro atoms. The average Bonchev–Trinajstić information content (AvgIpc) is 2.82. The minimum absolute atomic E-state index is 0.205. The van der Waals surface area contributed by atoms with Crippen molar-refractivity contribution in [3.05, 3.63) is 47.5 Å². The SMILES string of the molecule is O=S(=O)(NCCc1cnc[nH]1)c1ccc(Cl)cc1. The summed E-state index contributed by atoms with van der Waals surface area (Å²) in [5, 5.41) is 0.506. The number of sulfonamides is 1. The summed E-state index contributed by atoms with van der Waals surface area (Å²) in [5.41, 5.74) is 0.883. The number of aromatic amines is 1. The first-order valence-corrected chi connectivity index (χ1v) is 7.16. The predicted molar refractivity (Wildman–Crippen MR) is 68.9 cm³/mol. The molecule has 18 heavy (non-hydrogen) atoms. The van der Waals surface area contributed by atoms with Crippen LogP contribution in [0.5, 0.6) is 0 Å². The van der Waals surface area contributed by atoms with Crippen molar-refractivity contribution in [3.8, 4) is 0 Å². The molecule has 0 aliphatic rings. The lowest BCUT2D eigenvalue weighted by Gasteiger charge is -2.05. The van der Waals surface area contributed by atoms with E-state index in [2.05, 4.69) is 14.7 Å². The van der Waals surface area contributed by atoms with E-state index in [4.69, 9.17) is 11.6 Å². The summed E-state index contributed by atoms with van der Waals surface area (Å²) in [4.78, 5) is 6.97. The van der Waals surface area contributed by atoms with Crippen LogP contribution < -0.4 is 4.72 Å². The van der Waals surface area contributed by atoms with E-state index in [0.717, 1.165) is 5.69 Å². The summed E-state index contributed by atoms with van der Waals surface area (Å²) in [6.07, 6.45) is 3.78. The van der Waals surface area contributed by atoms with Crippen LogP contribution in [0, 0.1) is 0 Å². The lowest BCUT2D eigenvalue weighted by atomic mass is 10.3. The molecule has 2 rings (SSSR count). The molecule has 7 heteroatoms. The Balaban J connectivity index is 1.97. The maximum Gasteiger partial charge on any atom is 0.240 e. The van der Waals surface area contributed by atoms with Crippen LogP contribution >= 0.6 is 11.6 Å². The number of nitrogens with one attached hydrogen (secondary N) is 2. The van der Waals surface area contributed by atoms with E-state index in [1.807, 2.05) is 0 Å². The van der Waals surface area contributed by atoms with Crippen LogP contribution in [-0.4, -0.2) is 24.9 Å². The largest absolute Gasteiger partial charge is 0.348 e. The van der Waals surface area contributed by atoms with Gasteiger partial charge in [0.1, 0.15) is 0 Å². The number of H-pyrrole nitrogens is 1. The van der Waals surface area contributed by atoms with E-state index >= 15 is 0 Å². The third kappa shape index (κ3) is 3.32. The standard InChI is InChI=1S/C11H12ClN3O2S/c12-9-1-3-11(4-2-9)18(16,17)15-6-5-10-7-13-8-14-10/h1-4,7-8,15H,5-6H2,(H,13,14). The first-order chi connectivity index (χ1) is 8.58. The van der Waals surface area contributed by atoms with Gasteiger partial charge in [-0.25, -0.2) is 18.1 Å². The minimum atomic E-state index is -3.47. The van der Waals surface area contributed by atoms with E-state index < -0.39 is 10.0 Å². The summed E-state index contributed by atoms with van der Waals surface area (Å²) < 4.78 is 26.3. The van der Waals surface area contributed by atoms with E-state index in [1.54, 1.807) is 24.7 Å². The summed E-state index contributed by atoms with van der Waals surface area (Å²) in [6, 6.07) is 6.04. The van der Waals surface area contributed by atoms with Crippen molar-refractivity contribution < 1.29 is 8.42 Å². The molecular formula is C11H12ClN3O2S. The van der Waals surface area contributed by atoms with Gasteiger partial charge in [0, 0.05) is 29.9 Å². The lowest BCUT2D eigenvalue weighted by Crippen LogP contribution is -2.26. The maximum atomic E-state index is 11.9. The van der Waals surface area contributed by atoms with Gasteiger partial charge in [0.25, 0.3) is 0 Å². The van der Waals surface area contributed by atoms with Crippen molar-refractivity contribution in [2.75, 3.05) is 6.54 Å². The minimum Gasteiger partial charge on any atom is -0.348 e. The number of halogens is 1. The molecule has 0 saturated heterocycles. The van der Waals surface area contributed by atoms with E-state index in [9.17, 15) is 8.42 Å². The van der Waals surface area contributed by atoms with Gasteiger partial charge in [0.15, 0.2) is 0 Å². The summed E-state index contributed by atoms with van der Waals surface area (Å²) >= 11 is 5.71. The van der Waals surface area contributed by atoms with Crippen LogP contribution in [0.15, 0.2) is 41.7 Å². The molecule has 0 amide bonds. The van der Waals surface area contributed by atoms with Gasteiger partial charge in [-0.15, -0.1) is 0 Å². The maximum absolute atomic E-state index is 11.9. The number of nitrogens with zero attached hydrogens (tertiary/aromatic N) is 1. The van der Waals surface area contributed by atoms with Gasteiger partial charge in [0.2, 0.25) is 10.0 Å². The Morgan fingerprint density at radius 1 is 1.28 bits per heavy atom. The van der Waals surface area contributed by atoms with Crippen molar-refractivity contribution in [2.24, 2.45) is 0 Å². The smallest absolute Gasteiger partial charge is 0.240 e. The molecule has 0 atom stereocenters. The van der Waals surface area contributed by atoms with Gasteiger partial charge in [-0.05, 0) is 24.3 Å². The Morgan fingerprint density at radius 3 is 2.61 bits per heavy atom. The molecule has 0 unspecified atom stereocenters. The Bertz CT molecular complexity index is 594. The van der Waals surface area contributed by atoms with Gasteiger partial charge in [-0.2, -0.15) is 0 Å². The van der Waals surface area contributed by atoms with Crippen molar-refractivity contribution >= 4 is 21.6 Å². The molecule has 2 aromatic rings. The zero-order chi connectivity index (χ0) is 13.0. The van der Waals surface area contributed by atoms with E-state index in [-0.39, 0.29) is 4.90 Å². The number of rotatable bonds is 5. The molecule has 1 aromatic carbocycles. The summed E-state index contributed by atoms with van der Waals surface area (Å²) in [7, 11) is -3.47. The van der Waals surface area contributed by atoms with Gasteiger partial charge in [-0.1, -0.05) is 11.6 Å². The molecule has 1 heterocycles. The van der Waals surface area contributed by atoms with Crippen LogP contribution in [0.2, 0.25) is 5.02 Å². The number of hydrogen-bond acceptors (Lipinski definition) is 3. The highest BCUT2D eigenvalue weighted by Crippen LogP contribution is 2.13. The van der Waals surface area contributed by atoms with Crippen molar-refractivity contribution in [3.63, 3.8) is 0 Å². The summed E-state index contributed by atoms with van der Waals surface area (Å²) in [6.45, 7) is 0.313. The second kappa shape index (κ2) is 5.51. The van der Waals surface area contributed by atoms with Gasteiger partial charge >= 0.3 is 0 Å². The highest BCUT2D eigenvalue weighted by Gasteiger charge is 2.12. The highest BCUT2D eigenvalue weighted by molar-refractivity contribution is 7.89. The fourth-order valence-electron chi connectivity index (χ4n) is 1.44. The average molecular weight is 286 g/mol. The van der Waals surface area contributed by atoms with Crippen LogP contribution in [0.1, 0.15) is 5.69 Å². The fourth-order valence-corrected chi connectivity index (χ4v) is 2.60. The highest BCUT2D eigenvalue weighted by atomic mass is 35.5. The van der Waals surface area contributed by atoms with Crippen molar-refractivity contribution in [1.29, 1.82) is 0 Å². The van der Waals surface area contributed by atoms with E-state index in [0.29, 0.717) is 18.0 Å². The van der Waals surface area contributed by atoms with Gasteiger partial charge in [0.05, 0.1) is 11.2 Å². The zero-order valence-electron chi connectivity index (χ0n) is 9.43. The lowest BCUT2D eigenvalue weighted by molar-refractivity contribution is 0.581. The third-order valence-electron chi connectivity index (χ3n) is 2.37. The Kier molecular flexibility index (Phi) is 4.00. The molecule has 2 N–H and O–H groups in total. The second-order valence-electron chi connectivity index (χ2n) is 3.68. The van der Waals surface area contributed by atoms with E-state index in [1.165, 1.54) is 12.1 Å². The first kappa shape index (κ1) is 13.1. The third-order valence-corrected chi connectivity index (χ3v) is 4.09. The molecule has 0 radical (unpaired) electrons. The number of imidazole rings is 1. The quantitative estimate of drug-likeness (QED) is 0.876. The Labute approximate surface area is 110 Å². The molecule has 1 aromatic heterocycles. The topological polar surface area (TPSA) is 74.8 Å². The molecule has 0 saturated carbocycles. The molecular weight excluding hydrogens is 274 g/mol. The van der Waals surface area contributed by atoms with Crippen LogP contribution in [0.4, 0.5) is 0 Å². The molecule has 96 valence electrons. The molecule has 0 aliphatic carbocycles.